The van der Waals surface area contributed by atoms with E-state index in [0.29, 0.717) is 18.1 Å². The minimum Gasteiger partial charge on any atom is -0.494 e. The molecule has 0 aliphatic rings. The first-order valence-corrected chi connectivity index (χ1v) is 10.4. The largest absolute Gasteiger partial charge is 0.494 e. The molecule has 0 aliphatic heterocycles. The van der Waals surface area contributed by atoms with Crippen LogP contribution in [0.15, 0.2) is 78.9 Å². The number of hydrogen-bond acceptors (Lipinski definition) is 5. The fourth-order valence-corrected chi connectivity index (χ4v) is 2.80. The number of ether oxygens (including phenoxy) is 3. The van der Waals surface area contributed by atoms with E-state index in [1.807, 2.05) is 55.5 Å². The summed E-state index contributed by atoms with van der Waals surface area (Å²) in [5, 5.41) is 0. The van der Waals surface area contributed by atoms with Gasteiger partial charge in [-0.15, -0.1) is 0 Å². The van der Waals surface area contributed by atoms with Crippen LogP contribution in [0, 0.1) is 0 Å². The second-order valence-corrected chi connectivity index (χ2v) is 6.86. The van der Waals surface area contributed by atoms with Crippen LogP contribution in [-0.4, -0.2) is 31.6 Å². The summed E-state index contributed by atoms with van der Waals surface area (Å²) in [5.74, 6) is 0.865. The van der Waals surface area contributed by atoms with Gasteiger partial charge in [0.05, 0.1) is 6.61 Å². The summed E-state index contributed by atoms with van der Waals surface area (Å²) in [6.07, 6.45) is 0.925. The van der Waals surface area contributed by atoms with Crippen LogP contribution in [0.5, 0.6) is 17.2 Å². The normalized spacial score (nSPS) is 10.2. The Bertz CT molecular complexity index is 1010. The Kier molecular flexibility index (Phi) is 8.50. The van der Waals surface area contributed by atoms with E-state index in [9.17, 15) is 9.59 Å². The van der Waals surface area contributed by atoms with Crippen molar-refractivity contribution in [3.05, 3.63) is 78.9 Å². The fourth-order valence-electron chi connectivity index (χ4n) is 2.80. The van der Waals surface area contributed by atoms with Crippen molar-refractivity contribution in [1.29, 1.82) is 0 Å². The van der Waals surface area contributed by atoms with Gasteiger partial charge in [-0.2, -0.15) is 0 Å². The summed E-state index contributed by atoms with van der Waals surface area (Å²) < 4.78 is 16.5. The van der Waals surface area contributed by atoms with Crippen LogP contribution in [0.4, 0.5) is 0 Å². The van der Waals surface area contributed by atoms with Crippen molar-refractivity contribution in [3.8, 4) is 28.4 Å². The summed E-state index contributed by atoms with van der Waals surface area (Å²) in [5.41, 5.74) is 6.49. The lowest BCUT2D eigenvalue weighted by Crippen LogP contribution is -2.45. The molecule has 0 bridgehead atoms. The van der Waals surface area contributed by atoms with Crippen molar-refractivity contribution in [2.45, 2.75) is 13.3 Å². The summed E-state index contributed by atoms with van der Waals surface area (Å²) in [6, 6.07) is 24.2. The molecule has 166 valence electrons. The third-order valence-electron chi connectivity index (χ3n) is 4.34. The summed E-state index contributed by atoms with van der Waals surface area (Å²) in [4.78, 5) is 24.0. The van der Waals surface area contributed by atoms with Gasteiger partial charge in [0, 0.05) is 5.56 Å². The third-order valence-corrected chi connectivity index (χ3v) is 4.34. The molecule has 2 amide bonds. The van der Waals surface area contributed by atoms with Gasteiger partial charge >= 0.3 is 0 Å². The molecule has 0 saturated carbocycles. The smallest absolute Gasteiger partial charge is 0.276 e. The maximum absolute atomic E-state index is 12.1. The molecule has 0 spiro atoms. The number of hydrazine groups is 1. The van der Waals surface area contributed by atoms with Crippen LogP contribution in [-0.2, 0) is 9.59 Å². The number of carbonyl (C=O) groups excluding carboxylic acids is 2. The van der Waals surface area contributed by atoms with Crippen molar-refractivity contribution < 1.29 is 23.8 Å². The van der Waals surface area contributed by atoms with Crippen LogP contribution >= 0.6 is 0 Å². The van der Waals surface area contributed by atoms with Gasteiger partial charge in [0.25, 0.3) is 11.8 Å². The van der Waals surface area contributed by atoms with E-state index in [-0.39, 0.29) is 13.2 Å². The fraction of sp³-hybridized carbons (Fsp3) is 0.200. The van der Waals surface area contributed by atoms with E-state index in [1.54, 1.807) is 30.3 Å². The van der Waals surface area contributed by atoms with Gasteiger partial charge in [-0.1, -0.05) is 55.5 Å². The zero-order valence-electron chi connectivity index (χ0n) is 17.9. The lowest BCUT2D eigenvalue weighted by Gasteiger charge is -2.12. The highest BCUT2D eigenvalue weighted by atomic mass is 16.5. The first kappa shape index (κ1) is 22.7. The van der Waals surface area contributed by atoms with E-state index >= 15 is 0 Å². The van der Waals surface area contributed by atoms with E-state index in [4.69, 9.17) is 14.2 Å². The molecule has 0 aromatic heterocycles. The number of para-hydroxylation sites is 1. The molecular weight excluding hydrogens is 408 g/mol. The third kappa shape index (κ3) is 7.05. The van der Waals surface area contributed by atoms with Gasteiger partial charge in [0.15, 0.2) is 13.2 Å². The second kappa shape index (κ2) is 12.0. The molecule has 0 atom stereocenters. The predicted molar refractivity (Wildman–Crippen MR) is 121 cm³/mol. The van der Waals surface area contributed by atoms with Gasteiger partial charge in [-0.25, -0.2) is 0 Å². The number of benzene rings is 3. The molecule has 0 fully saturated rings. The molecule has 32 heavy (non-hydrogen) atoms. The van der Waals surface area contributed by atoms with E-state index < -0.39 is 11.8 Å². The predicted octanol–water partition coefficient (Wildman–Crippen LogP) is 3.75. The lowest BCUT2D eigenvalue weighted by atomic mass is 10.1. The first-order valence-electron chi connectivity index (χ1n) is 10.4. The Morgan fingerprint density at radius 2 is 1.25 bits per heavy atom. The van der Waals surface area contributed by atoms with Gasteiger partial charge in [-0.05, 0) is 42.3 Å². The molecule has 3 aromatic rings. The Morgan fingerprint density at radius 3 is 1.91 bits per heavy atom. The number of hydrogen-bond donors (Lipinski definition) is 2. The molecule has 3 rings (SSSR count). The Morgan fingerprint density at radius 1 is 0.688 bits per heavy atom. The molecule has 7 nitrogen and oxygen atoms in total. The van der Waals surface area contributed by atoms with Crippen LogP contribution in [0.2, 0.25) is 0 Å². The highest BCUT2D eigenvalue weighted by Crippen LogP contribution is 2.29. The van der Waals surface area contributed by atoms with E-state index in [0.717, 1.165) is 23.3 Å². The summed E-state index contributed by atoms with van der Waals surface area (Å²) in [6.45, 7) is 2.19. The molecule has 2 N–H and O–H groups in total. The average Bonchev–Trinajstić information content (AvgIpc) is 2.85. The lowest BCUT2D eigenvalue weighted by molar-refractivity contribution is -0.131. The van der Waals surface area contributed by atoms with Crippen molar-refractivity contribution in [2.24, 2.45) is 0 Å². The standard InChI is InChI=1S/C25H26N2O5/c1-2-16-30-20-12-14-21(15-13-20)31-17-24(28)26-27-25(29)18-32-23-11-7-6-10-22(23)19-8-4-3-5-9-19/h3-15H,2,16-18H2,1H3,(H,26,28)(H,27,29). The van der Waals surface area contributed by atoms with Gasteiger partial charge in [0.1, 0.15) is 17.2 Å². The minimum atomic E-state index is -0.491. The summed E-state index contributed by atoms with van der Waals surface area (Å²) >= 11 is 0. The monoisotopic (exact) mass is 434 g/mol. The highest BCUT2D eigenvalue weighted by Gasteiger charge is 2.10. The molecule has 3 aromatic carbocycles. The molecule has 0 heterocycles. The molecule has 0 aliphatic carbocycles. The summed E-state index contributed by atoms with van der Waals surface area (Å²) in [7, 11) is 0. The second-order valence-electron chi connectivity index (χ2n) is 6.86. The number of amides is 2. The van der Waals surface area contributed by atoms with Gasteiger partial charge < -0.3 is 14.2 Å². The average molecular weight is 434 g/mol. The van der Waals surface area contributed by atoms with E-state index in [1.165, 1.54) is 0 Å². The number of nitrogens with one attached hydrogen (secondary N) is 2. The Hall–Kier alpha value is -4.00. The Balaban J connectivity index is 1.40. The van der Waals surface area contributed by atoms with Crippen LogP contribution in [0.1, 0.15) is 13.3 Å². The van der Waals surface area contributed by atoms with Crippen molar-refractivity contribution in [1.82, 2.24) is 10.9 Å². The maximum atomic E-state index is 12.1. The number of rotatable bonds is 10. The maximum Gasteiger partial charge on any atom is 0.276 e. The van der Waals surface area contributed by atoms with Crippen molar-refractivity contribution in [3.63, 3.8) is 0 Å². The topological polar surface area (TPSA) is 85.9 Å². The molecule has 0 saturated heterocycles. The molecule has 0 radical (unpaired) electrons. The minimum absolute atomic E-state index is 0.243. The van der Waals surface area contributed by atoms with E-state index in [2.05, 4.69) is 10.9 Å². The molecule has 0 unspecified atom stereocenters. The van der Waals surface area contributed by atoms with Crippen LogP contribution < -0.4 is 25.1 Å². The zero-order valence-corrected chi connectivity index (χ0v) is 17.9. The quantitative estimate of drug-likeness (QED) is 0.475. The van der Waals surface area contributed by atoms with Gasteiger partial charge in [0.2, 0.25) is 0 Å². The molecular formula is C25H26N2O5. The Labute approximate surface area is 187 Å². The highest BCUT2D eigenvalue weighted by molar-refractivity contribution is 5.83. The van der Waals surface area contributed by atoms with Crippen LogP contribution in [0.25, 0.3) is 11.1 Å². The zero-order chi connectivity index (χ0) is 22.6. The van der Waals surface area contributed by atoms with Crippen molar-refractivity contribution in [2.75, 3.05) is 19.8 Å². The number of carbonyl (C=O) groups is 2. The SMILES string of the molecule is CCCOc1ccc(OCC(=O)NNC(=O)COc2ccccc2-c2ccccc2)cc1. The van der Waals surface area contributed by atoms with Gasteiger partial charge in [-0.3, -0.25) is 20.4 Å². The molecule has 7 heteroatoms. The first-order chi connectivity index (χ1) is 15.7. The van der Waals surface area contributed by atoms with Crippen LogP contribution in [0.3, 0.4) is 0 Å². The van der Waals surface area contributed by atoms with Crippen molar-refractivity contribution >= 4 is 11.8 Å².